The Morgan fingerprint density at radius 2 is 1.86 bits per heavy atom. The first-order valence-electron chi connectivity index (χ1n) is 7.07. The van der Waals surface area contributed by atoms with E-state index in [1.807, 2.05) is 0 Å². The lowest BCUT2D eigenvalue weighted by Gasteiger charge is -2.31. The molecule has 1 amide bonds. The van der Waals surface area contributed by atoms with Crippen LogP contribution < -0.4 is 5.32 Å². The number of carbonyl (C=O) groups excluding carboxylic acids is 1. The molecule has 5 nitrogen and oxygen atoms in total. The first-order chi connectivity index (χ1) is 10.4. The van der Waals surface area contributed by atoms with Gasteiger partial charge in [0.05, 0.1) is 10.6 Å². The van der Waals surface area contributed by atoms with E-state index in [1.165, 1.54) is 4.31 Å². The van der Waals surface area contributed by atoms with E-state index >= 15 is 0 Å². The largest absolute Gasteiger partial charge is 0.355 e. The molecule has 0 bridgehead atoms. The van der Waals surface area contributed by atoms with Crippen LogP contribution >= 0.6 is 35.2 Å². The zero-order valence-corrected chi connectivity index (χ0v) is 15.9. The van der Waals surface area contributed by atoms with Gasteiger partial charge in [0.25, 0.3) is 0 Å². The van der Waals surface area contributed by atoms with Crippen LogP contribution in [0.25, 0.3) is 0 Å². The van der Waals surface area contributed by atoms with E-state index in [9.17, 15) is 13.2 Å². The van der Waals surface area contributed by atoms with Crippen molar-refractivity contribution < 1.29 is 13.2 Å². The van der Waals surface area contributed by atoms with Crippen molar-refractivity contribution in [2.45, 2.75) is 17.7 Å². The van der Waals surface area contributed by atoms with Crippen molar-refractivity contribution in [3.8, 4) is 0 Å². The molecule has 1 saturated heterocycles. The van der Waals surface area contributed by atoms with Crippen molar-refractivity contribution in [2.24, 2.45) is 5.92 Å². The van der Waals surface area contributed by atoms with E-state index in [2.05, 4.69) is 40.5 Å². The van der Waals surface area contributed by atoms with Crippen LogP contribution in [0.4, 0.5) is 0 Å². The molecule has 1 aliphatic heterocycles. The Labute approximate surface area is 150 Å². The van der Waals surface area contributed by atoms with Crippen LogP contribution in [0.1, 0.15) is 12.8 Å². The van der Waals surface area contributed by atoms with Gasteiger partial charge in [-0.3, -0.25) is 4.79 Å². The molecule has 0 spiro atoms. The summed E-state index contributed by atoms with van der Waals surface area (Å²) < 4.78 is 27.7. The summed E-state index contributed by atoms with van der Waals surface area (Å²) in [6.45, 7) is 1.59. The minimum atomic E-state index is -3.41. The van der Waals surface area contributed by atoms with Crippen LogP contribution in [0.2, 0.25) is 0 Å². The number of amides is 1. The molecule has 8 heteroatoms. The summed E-state index contributed by atoms with van der Waals surface area (Å²) in [4.78, 5) is 11.5. The molecule has 0 aliphatic carbocycles. The molecule has 0 atom stereocenters. The Bertz CT molecular complexity index is 611. The molecule has 1 heterocycles. The van der Waals surface area contributed by atoms with Crippen LogP contribution in [-0.2, 0) is 14.8 Å². The average Bonchev–Trinajstić information content (AvgIpc) is 2.53. The molecule has 0 saturated carbocycles. The first-order valence-corrected chi connectivity index (χ1v) is 10.2. The summed E-state index contributed by atoms with van der Waals surface area (Å²) in [6.07, 6.45) is 1.52. The van der Waals surface area contributed by atoms with Crippen LogP contribution in [0.15, 0.2) is 29.2 Å². The van der Waals surface area contributed by atoms with E-state index in [4.69, 9.17) is 0 Å². The monoisotopic (exact) mass is 454 g/mol. The molecule has 1 aliphatic rings. The Morgan fingerprint density at radius 1 is 1.27 bits per heavy atom. The van der Waals surface area contributed by atoms with Gasteiger partial charge in [-0.15, -0.1) is 0 Å². The van der Waals surface area contributed by atoms with Gasteiger partial charge in [0.1, 0.15) is 0 Å². The summed E-state index contributed by atoms with van der Waals surface area (Å²) in [6, 6.07) is 6.90. The highest BCUT2D eigenvalue weighted by molar-refractivity contribution is 14.1. The molecule has 1 aromatic rings. The zero-order valence-electron chi connectivity index (χ0n) is 12.0. The number of sulfonamides is 1. The number of benzene rings is 1. The van der Waals surface area contributed by atoms with Gasteiger partial charge < -0.3 is 5.32 Å². The highest BCUT2D eigenvalue weighted by Gasteiger charge is 2.29. The van der Waals surface area contributed by atoms with Crippen molar-refractivity contribution in [3.05, 3.63) is 27.8 Å². The SMILES string of the molecule is O=C(CS)NCC1CCN(S(=O)(=O)c2ccc(I)cc2)CC1. The number of carbonyl (C=O) groups is 1. The standard InChI is InChI=1S/C14H19IN2O3S2/c15-12-1-3-13(4-2-12)22(19,20)17-7-5-11(6-8-17)9-16-14(18)10-21/h1-4,11,21H,5-10H2,(H,16,18). The zero-order chi connectivity index (χ0) is 16.2. The predicted molar refractivity (Wildman–Crippen MR) is 97.5 cm³/mol. The molecule has 1 aromatic carbocycles. The van der Waals surface area contributed by atoms with Gasteiger partial charge >= 0.3 is 0 Å². The minimum Gasteiger partial charge on any atom is -0.355 e. The smallest absolute Gasteiger partial charge is 0.243 e. The van der Waals surface area contributed by atoms with Crippen LogP contribution in [0.3, 0.4) is 0 Å². The van der Waals surface area contributed by atoms with Gasteiger partial charge in [-0.25, -0.2) is 8.42 Å². The molecular formula is C14H19IN2O3S2. The lowest BCUT2D eigenvalue weighted by Crippen LogP contribution is -2.41. The van der Waals surface area contributed by atoms with Gasteiger partial charge in [-0.1, -0.05) is 0 Å². The fourth-order valence-electron chi connectivity index (χ4n) is 2.42. The molecule has 0 aromatic heterocycles. The molecule has 1 N–H and O–H groups in total. The van der Waals surface area contributed by atoms with Crippen molar-refractivity contribution in [2.75, 3.05) is 25.4 Å². The molecule has 22 heavy (non-hydrogen) atoms. The highest BCUT2D eigenvalue weighted by Crippen LogP contribution is 2.24. The van der Waals surface area contributed by atoms with Crippen LogP contribution in [0.5, 0.6) is 0 Å². The third-order valence-electron chi connectivity index (χ3n) is 3.76. The topological polar surface area (TPSA) is 66.5 Å². The van der Waals surface area contributed by atoms with Crippen LogP contribution in [-0.4, -0.2) is 44.0 Å². The molecule has 1 fully saturated rings. The second-order valence-electron chi connectivity index (χ2n) is 5.26. The molecule has 0 unspecified atom stereocenters. The minimum absolute atomic E-state index is 0.0859. The summed E-state index contributed by atoms with van der Waals surface area (Å²) >= 11 is 6.06. The Hall–Kier alpha value is -0.320. The average molecular weight is 454 g/mol. The molecule has 2 rings (SSSR count). The lowest BCUT2D eigenvalue weighted by molar-refractivity contribution is -0.118. The number of hydrogen-bond donors (Lipinski definition) is 2. The van der Waals surface area contributed by atoms with Crippen LogP contribution in [0, 0.1) is 9.49 Å². The van der Waals surface area contributed by atoms with Gasteiger partial charge in [-0.05, 0) is 65.6 Å². The lowest BCUT2D eigenvalue weighted by atomic mass is 9.98. The molecule has 122 valence electrons. The maximum absolute atomic E-state index is 12.6. The van der Waals surface area contributed by atoms with E-state index in [1.54, 1.807) is 24.3 Å². The van der Waals surface area contributed by atoms with Gasteiger partial charge in [-0.2, -0.15) is 16.9 Å². The van der Waals surface area contributed by atoms with E-state index in [0.717, 1.165) is 16.4 Å². The van der Waals surface area contributed by atoms with Crippen molar-refractivity contribution in [3.63, 3.8) is 0 Å². The Morgan fingerprint density at radius 3 is 2.41 bits per heavy atom. The normalized spacial score (nSPS) is 17.4. The number of hydrogen-bond acceptors (Lipinski definition) is 4. The second-order valence-corrected chi connectivity index (χ2v) is 8.76. The first kappa shape index (κ1) is 18.0. The predicted octanol–water partition coefficient (Wildman–Crippen LogP) is 1.74. The van der Waals surface area contributed by atoms with E-state index in [0.29, 0.717) is 30.4 Å². The van der Waals surface area contributed by atoms with E-state index in [-0.39, 0.29) is 11.7 Å². The summed E-state index contributed by atoms with van der Waals surface area (Å²) in [7, 11) is -3.41. The van der Waals surface area contributed by atoms with E-state index < -0.39 is 10.0 Å². The summed E-state index contributed by atoms with van der Waals surface area (Å²) in [5.41, 5.74) is 0. The van der Waals surface area contributed by atoms with Crippen molar-refractivity contribution in [1.82, 2.24) is 9.62 Å². The van der Waals surface area contributed by atoms with Crippen molar-refractivity contribution in [1.29, 1.82) is 0 Å². The highest BCUT2D eigenvalue weighted by atomic mass is 127. The second kappa shape index (κ2) is 7.98. The number of nitrogens with zero attached hydrogens (tertiary/aromatic N) is 1. The van der Waals surface area contributed by atoms with Gasteiger partial charge in [0.15, 0.2) is 0 Å². The molecule has 0 radical (unpaired) electrons. The quantitative estimate of drug-likeness (QED) is 0.526. The number of thiol groups is 1. The summed E-state index contributed by atoms with van der Waals surface area (Å²) in [5, 5.41) is 2.81. The van der Waals surface area contributed by atoms with Gasteiger partial charge in [0, 0.05) is 23.2 Å². The Kier molecular flexibility index (Phi) is 6.54. The van der Waals surface area contributed by atoms with Gasteiger partial charge in [0.2, 0.25) is 15.9 Å². The third-order valence-corrected chi connectivity index (χ3v) is 6.68. The number of piperidine rings is 1. The third kappa shape index (κ3) is 4.59. The maximum atomic E-state index is 12.6. The maximum Gasteiger partial charge on any atom is 0.243 e. The number of halogens is 1. The Balaban J connectivity index is 1.93. The fraction of sp³-hybridized carbons (Fsp3) is 0.500. The molecular weight excluding hydrogens is 435 g/mol. The van der Waals surface area contributed by atoms with Crippen molar-refractivity contribution >= 4 is 51.2 Å². The number of nitrogens with one attached hydrogen (secondary N) is 1. The fourth-order valence-corrected chi connectivity index (χ4v) is 4.36. The number of rotatable bonds is 5. The summed E-state index contributed by atoms with van der Waals surface area (Å²) in [5.74, 6) is 0.421.